The number of hydrogen-bond donors (Lipinski definition) is 0. The molecule has 0 aliphatic heterocycles. The van der Waals surface area contributed by atoms with Crippen LogP contribution < -0.4 is 142 Å². The molecule has 0 saturated carbocycles. The highest BCUT2D eigenvalue weighted by Crippen LogP contribution is 2.39. The molecule has 0 nitrogen and oxygen atoms in total. The molecule has 0 aliphatic carbocycles. The summed E-state index contributed by atoms with van der Waals surface area (Å²) in [5, 5.41) is 11.5. The van der Waals surface area contributed by atoms with Gasteiger partial charge < -0.3 is 0 Å². The molecule has 0 N–H and O–H groups in total. The van der Waals surface area contributed by atoms with Gasteiger partial charge in [-0.25, -0.2) is 0 Å². The number of rotatable bonds is 3. The van der Waals surface area contributed by atoms with Gasteiger partial charge in [0.2, 0.25) is 0 Å². The van der Waals surface area contributed by atoms with Crippen molar-refractivity contribution in [1.82, 2.24) is 0 Å². The molecule has 0 spiro atoms. The van der Waals surface area contributed by atoms with Crippen molar-refractivity contribution in [3.05, 3.63) is 0 Å². The van der Waals surface area contributed by atoms with E-state index in [1.807, 2.05) is 0 Å². The molecule has 0 fully saturated rings. The molecular weight excluding hydrogens is 762 g/mol. The van der Waals surface area contributed by atoms with Crippen LogP contribution in [0.1, 0.15) is 0 Å². The summed E-state index contributed by atoms with van der Waals surface area (Å²) in [4.78, 5) is 0. The maximum atomic E-state index is 2.45. The molecule has 8 aromatic rings. The lowest BCUT2D eigenvalue weighted by Gasteiger charge is -2.33. The Kier molecular flexibility index (Phi) is 12.3. The van der Waals surface area contributed by atoms with E-state index in [2.05, 4.69) is 204 Å². The Bertz CT molecular complexity index is 3530. The van der Waals surface area contributed by atoms with E-state index < -0.39 is 0 Å². The van der Waals surface area contributed by atoms with Crippen molar-refractivity contribution in [3.8, 4) is 33.4 Å². The van der Waals surface area contributed by atoms with Gasteiger partial charge in [0.05, 0.1) is 0 Å². The fraction of sp³-hybridized carbons (Fsp3) is 0. The Morgan fingerprint density at radius 3 is 0.515 bits per heavy atom. The monoisotopic (exact) mass is 819 g/mol. The van der Waals surface area contributed by atoms with Crippen molar-refractivity contribution in [2.45, 2.75) is 0 Å². The molecule has 0 atom stereocenters. The Morgan fingerprint density at radius 1 is 0.0909 bits per heavy atom. The predicted molar refractivity (Wildman–Crippen MR) is 385 cm³/mol. The summed E-state index contributed by atoms with van der Waals surface area (Å²) >= 11 is 0. The first-order valence-corrected chi connectivity index (χ1v) is 24.8. The van der Waals surface area contributed by atoms with E-state index in [1.54, 1.807) is 0 Å². The van der Waals surface area contributed by atoms with E-state index in [9.17, 15) is 0 Å². The average Bonchev–Trinajstić information content (AvgIpc) is 3.28. The second-order valence-corrected chi connectivity index (χ2v) is 21.5. The highest BCUT2D eigenvalue weighted by molar-refractivity contribution is 6.77. The van der Waals surface area contributed by atoms with E-state index in [4.69, 9.17) is 0 Å². The van der Waals surface area contributed by atoms with Crippen LogP contribution >= 0.6 is 0 Å². The fourth-order valence-corrected chi connectivity index (χ4v) is 13.3. The highest BCUT2D eigenvalue weighted by Gasteiger charge is 2.31. The number of fused-ring (bicyclic) bond motifs is 4. The lowest BCUT2D eigenvalue weighted by Crippen LogP contribution is -2.53. The minimum Gasteiger partial charge on any atom is -0.101 e. The van der Waals surface area contributed by atoms with Crippen molar-refractivity contribution in [1.29, 1.82) is 0 Å². The maximum Gasteiger partial charge on any atom is 0.140 e. The van der Waals surface area contributed by atoms with Crippen molar-refractivity contribution >= 4 is 389 Å². The molecule has 0 aromatic heterocycles. The van der Waals surface area contributed by atoms with E-state index in [1.165, 1.54) is 219 Å². The van der Waals surface area contributed by atoms with Gasteiger partial charge in [-0.1, -0.05) is 92.9 Å². The maximum absolute atomic E-state index is 2.45. The SMILES string of the molecule is Bc1c(B)c(-c2c3c(B)c(B)c(B)c(B)c3c(-c3c(B)c(B)c4c(B)c(B)c(B)c(B)c4c3B)c3c(B)c(B)c(B)c(B)c23)c(B)c(B)c1-c1c(B)c(B)c(B)c2c(B)c(B)c(B)c(B)c12. The van der Waals surface area contributed by atoms with E-state index >= 15 is 0 Å². The summed E-state index contributed by atoms with van der Waals surface area (Å²) in [5.41, 5.74) is 45.2. The van der Waals surface area contributed by atoms with Crippen LogP contribution in [0.15, 0.2) is 0 Å². The molecule has 0 saturated heterocycles. The molecule has 0 amide bonds. The van der Waals surface area contributed by atoms with Crippen molar-refractivity contribution < 1.29 is 0 Å². The topological polar surface area (TPSA) is 0 Å². The van der Waals surface area contributed by atoms with Crippen LogP contribution in [0.3, 0.4) is 0 Å². The largest absolute Gasteiger partial charge is 0.140 e. The smallest absolute Gasteiger partial charge is 0.101 e. The van der Waals surface area contributed by atoms with Crippen LogP contribution in [0, 0.1) is 0 Å². The van der Waals surface area contributed by atoms with Crippen LogP contribution in [0.5, 0.6) is 0 Å². The summed E-state index contributed by atoms with van der Waals surface area (Å²) in [6, 6.07) is 0. The van der Waals surface area contributed by atoms with Gasteiger partial charge in [-0.15, -0.1) is 49.2 Å². The van der Waals surface area contributed by atoms with Crippen LogP contribution in [-0.4, -0.2) is 204 Å². The standard InChI is InChI=1S/C40H52B26/c41-15-9(22(48)27(53)14-13(15)30(56)39(65)40(66)31(14)57)1-3-5(18(44)35(61)33(59)16(3)42)2(6-4(1)17(43)34(60)36(62)19(6)45)10-23(49)25(51)11(26(52)24(10)50)7-8-12(28(54)32(58)20(7)46)29(55)38(64)37(63)21(8)47/h41-66H2. The van der Waals surface area contributed by atoms with Crippen LogP contribution in [-0.2, 0) is 0 Å². The zero-order valence-electron chi connectivity index (χ0n) is 46.0. The normalized spacial score (nSPS) is 11.7. The Labute approximate surface area is 419 Å². The molecule has 0 bridgehead atoms. The average molecular weight is 814 g/mol. The van der Waals surface area contributed by atoms with E-state index in [0.29, 0.717) is 0 Å². The predicted octanol–water partition coefficient (Wildman–Crippen LogP) is -34.0. The third-order valence-electron chi connectivity index (χ3n) is 19.3. The van der Waals surface area contributed by atoms with Gasteiger partial charge in [0.25, 0.3) is 0 Å². The second kappa shape index (κ2) is 16.6. The summed E-state index contributed by atoms with van der Waals surface area (Å²) in [6.07, 6.45) is 0. The lowest BCUT2D eigenvalue weighted by atomic mass is 9.55. The molecule has 0 heterocycles. The van der Waals surface area contributed by atoms with Crippen molar-refractivity contribution in [2.24, 2.45) is 0 Å². The molecule has 26 heteroatoms. The molecule has 0 radical (unpaired) electrons. The summed E-state index contributed by atoms with van der Waals surface area (Å²) in [5.74, 6) is 0. The first-order valence-electron chi connectivity index (χ1n) is 24.8. The van der Waals surface area contributed by atoms with Gasteiger partial charge >= 0.3 is 0 Å². The quantitative estimate of drug-likeness (QED) is 0.123. The zero-order chi connectivity index (χ0) is 49.1. The van der Waals surface area contributed by atoms with Crippen LogP contribution in [0.25, 0.3) is 76.5 Å². The van der Waals surface area contributed by atoms with Crippen LogP contribution in [0.2, 0.25) is 0 Å². The Morgan fingerprint density at radius 2 is 0.227 bits per heavy atom. The molecule has 0 aliphatic rings. The Balaban J connectivity index is 1.68. The first-order chi connectivity index (χ1) is 30.7. The van der Waals surface area contributed by atoms with Gasteiger partial charge in [0, 0.05) is 0 Å². The van der Waals surface area contributed by atoms with Gasteiger partial charge in [-0.05, 0) is 76.5 Å². The zero-order valence-corrected chi connectivity index (χ0v) is 46.0. The minimum absolute atomic E-state index is 1.39. The number of benzene rings is 8. The lowest BCUT2D eigenvalue weighted by molar-refractivity contribution is 1.83. The Hall–Kier alpha value is -3.51. The van der Waals surface area contributed by atoms with Gasteiger partial charge in [-0.2, -0.15) is 0 Å². The summed E-state index contributed by atoms with van der Waals surface area (Å²) in [6.45, 7) is 0. The second-order valence-electron chi connectivity index (χ2n) is 21.5. The minimum atomic E-state index is 1.39. The summed E-state index contributed by atoms with van der Waals surface area (Å²) < 4.78 is 0. The summed E-state index contributed by atoms with van der Waals surface area (Å²) in [7, 11) is 62.0. The molecule has 8 aromatic carbocycles. The van der Waals surface area contributed by atoms with Gasteiger partial charge in [-0.3, -0.25) is 0 Å². The third kappa shape index (κ3) is 6.29. The fourth-order valence-electron chi connectivity index (χ4n) is 13.3. The first kappa shape index (κ1) is 48.9. The molecule has 290 valence electrons. The number of hydrogen-bond acceptors (Lipinski definition) is 0. The van der Waals surface area contributed by atoms with Crippen molar-refractivity contribution in [2.75, 3.05) is 0 Å². The molecule has 0 unspecified atom stereocenters. The van der Waals surface area contributed by atoms with Crippen molar-refractivity contribution in [3.63, 3.8) is 0 Å². The van der Waals surface area contributed by atoms with Crippen LogP contribution in [0.4, 0.5) is 0 Å². The van der Waals surface area contributed by atoms with E-state index in [-0.39, 0.29) is 0 Å². The molecule has 66 heavy (non-hydrogen) atoms. The molecular formula is C40H52B26. The van der Waals surface area contributed by atoms with E-state index in [0.717, 1.165) is 0 Å². The van der Waals surface area contributed by atoms with Gasteiger partial charge in [0.1, 0.15) is 204 Å². The van der Waals surface area contributed by atoms with Gasteiger partial charge in [0.15, 0.2) is 0 Å². The molecule has 8 rings (SSSR count). The third-order valence-corrected chi connectivity index (χ3v) is 19.3. The highest BCUT2D eigenvalue weighted by atomic mass is 14.3.